The third-order valence-electron chi connectivity index (χ3n) is 1.61. The van der Waals surface area contributed by atoms with Crippen LogP contribution in [0.2, 0.25) is 0 Å². The molecule has 0 aliphatic rings. The second kappa shape index (κ2) is 10.2. The van der Waals surface area contributed by atoms with Crippen LogP contribution in [0.1, 0.15) is 26.2 Å². The van der Waals surface area contributed by atoms with Gasteiger partial charge in [-0.05, 0) is 24.5 Å². The van der Waals surface area contributed by atoms with E-state index in [0.717, 1.165) is 6.42 Å². The van der Waals surface area contributed by atoms with Crippen LogP contribution < -0.4 is 21.2 Å². The summed E-state index contributed by atoms with van der Waals surface area (Å²) in [6.07, 6.45) is 3.56. The van der Waals surface area contributed by atoms with E-state index in [1.165, 1.54) is 16.4 Å². The van der Waals surface area contributed by atoms with Gasteiger partial charge in [0.05, 0.1) is 0 Å². The van der Waals surface area contributed by atoms with Crippen molar-refractivity contribution in [2.75, 3.05) is 0 Å². The van der Waals surface area contributed by atoms with E-state index in [-0.39, 0.29) is 21.2 Å². The fourth-order valence-electron chi connectivity index (χ4n) is 0.878. The van der Waals surface area contributed by atoms with Crippen LogP contribution in [0.5, 0.6) is 0 Å². The van der Waals surface area contributed by atoms with Gasteiger partial charge < -0.3 is 17.3 Å². The summed E-state index contributed by atoms with van der Waals surface area (Å²) in [5.74, 6) is 3.23. The highest BCUT2D eigenvalue weighted by molar-refractivity contribution is 6.50. The predicted octanol–water partition coefficient (Wildman–Crippen LogP) is 1.40. The van der Waals surface area contributed by atoms with Crippen LogP contribution in [0, 0.1) is 13.4 Å². The predicted molar refractivity (Wildman–Crippen MR) is 62.6 cm³/mol. The van der Waals surface area contributed by atoms with Gasteiger partial charge >= 0.3 is 28.5 Å². The van der Waals surface area contributed by atoms with Gasteiger partial charge in [-0.1, -0.05) is 31.5 Å². The summed E-state index contributed by atoms with van der Waals surface area (Å²) >= 11 is -0.0522. The molecule has 18 heavy (non-hydrogen) atoms. The van der Waals surface area contributed by atoms with Crippen molar-refractivity contribution >= 4 is 7.25 Å². The minimum absolute atomic E-state index is 0.0522. The van der Waals surface area contributed by atoms with Crippen LogP contribution in [0.25, 0.3) is 0 Å². The number of unbranched alkanes of at least 4 members (excludes halogenated alkanes) is 2. The van der Waals surface area contributed by atoms with Crippen molar-refractivity contribution in [2.24, 2.45) is 0 Å². The van der Waals surface area contributed by atoms with E-state index in [1.54, 1.807) is 0 Å². The molecule has 0 amide bonds. The normalized spacial score (nSPS) is 9.83. The van der Waals surface area contributed by atoms with Gasteiger partial charge in [-0.3, -0.25) is 0 Å². The molecular formula is C12H14BF4I. The Morgan fingerprint density at radius 2 is 1.67 bits per heavy atom. The fourth-order valence-corrected chi connectivity index (χ4v) is 2.42. The Morgan fingerprint density at radius 3 is 2.17 bits per heavy atom. The molecule has 0 spiro atoms. The number of hydrogen-bond acceptors (Lipinski definition) is 0. The van der Waals surface area contributed by atoms with Gasteiger partial charge in [-0.2, -0.15) is 0 Å². The maximum atomic E-state index is 9.75. The molecule has 0 heterocycles. The third kappa shape index (κ3) is 15.3. The lowest BCUT2D eigenvalue weighted by Crippen LogP contribution is -3.59. The summed E-state index contributed by atoms with van der Waals surface area (Å²) in [5.41, 5.74) is 0. The van der Waals surface area contributed by atoms with E-state index >= 15 is 0 Å². The van der Waals surface area contributed by atoms with Crippen molar-refractivity contribution in [2.45, 2.75) is 26.2 Å². The summed E-state index contributed by atoms with van der Waals surface area (Å²) < 4.78 is 43.7. The topological polar surface area (TPSA) is 0 Å². The standard InChI is InChI=1S/C12H14I.BF4/c1-2-3-4-8-11-13-12-9-6-5-7-10-12;2-1(3,4)5/h5-7,9-10H,2-4H2,1H3;/q+1;-1. The molecule has 0 aromatic heterocycles. The molecule has 1 aromatic rings. The van der Waals surface area contributed by atoms with E-state index in [2.05, 4.69) is 47.1 Å². The third-order valence-corrected chi connectivity index (χ3v) is 3.60. The van der Waals surface area contributed by atoms with Crippen LogP contribution in [0.4, 0.5) is 17.3 Å². The van der Waals surface area contributed by atoms with E-state index in [4.69, 9.17) is 0 Å². The van der Waals surface area contributed by atoms with Crippen molar-refractivity contribution < 1.29 is 38.5 Å². The van der Waals surface area contributed by atoms with Crippen LogP contribution in [0.15, 0.2) is 30.3 Å². The average Bonchev–Trinajstić information content (AvgIpc) is 2.28. The van der Waals surface area contributed by atoms with Gasteiger partial charge in [0.2, 0.25) is 3.57 Å². The number of rotatable bonds is 3. The average molecular weight is 372 g/mol. The zero-order valence-corrected chi connectivity index (χ0v) is 12.1. The monoisotopic (exact) mass is 372 g/mol. The molecule has 0 atom stereocenters. The lowest BCUT2D eigenvalue weighted by molar-refractivity contribution is -0.535. The highest BCUT2D eigenvalue weighted by Crippen LogP contribution is 2.06. The lowest BCUT2D eigenvalue weighted by Gasteiger charge is -1.94. The SMILES string of the molecule is CCCCC#C[I+]c1ccccc1.F[B-](F)(F)F. The second-order valence-corrected chi connectivity index (χ2v) is 5.58. The van der Waals surface area contributed by atoms with Crippen LogP contribution >= 0.6 is 0 Å². The molecule has 0 radical (unpaired) electrons. The molecule has 1 aromatic carbocycles. The summed E-state index contributed by atoms with van der Waals surface area (Å²) in [5, 5.41) is 0. The minimum atomic E-state index is -6.00. The number of hydrogen-bond donors (Lipinski definition) is 0. The largest absolute Gasteiger partial charge is 0.673 e. The molecule has 0 aliphatic carbocycles. The Bertz CT molecular complexity index is 361. The van der Waals surface area contributed by atoms with Gasteiger partial charge in [0.15, 0.2) is 3.93 Å². The van der Waals surface area contributed by atoms with Gasteiger partial charge in [-0.15, -0.1) is 0 Å². The first-order chi connectivity index (χ1) is 8.43. The van der Waals surface area contributed by atoms with E-state index in [0.29, 0.717) is 0 Å². The summed E-state index contributed by atoms with van der Waals surface area (Å²) in [6.45, 7) is 2.20. The lowest BCUT2D eigenvalue weighted by atomic mass is 10.3. The maximum absolute atomic E-state index is 9.75. The van der Waals surface area contributed by atoms with Gasteiger partial charge in [-0.25, -0.2) is 0 Å². The summed E-state index contributed by atoms with van der Waals surface area (Å²) in [7, 11) is -6.00. The molecule has 0 fully saturated rings. The highest BCUT2D eigenvalue weighted by atomic mass is 127. The zero-order chi connectivity index (χ0) is 13.9. The summed E-state index contributed by atoms with van der Waals surface area (Å²) in [4.78, 5) is 0. The van der Waals surface area contributed by atoms with E-state index < -0.39 is 7.25 Å². The Hall–Kier alpha value is -0.705. The van der Waals surface area contributed by atoms with E-state index in [9.17, 15) is 17.3 Å². The first-order valence-corrected chi connectivity index (χ1v) is 7.63. The number of halogens is 5. The van der Waals surface area contributed by atoms with E-state index in [1.807, 2.05) is 0 Å². The molecule has 0 bridgehead atoms. The van der Waals surface area contributed by atoms with Crippen LogP contribution in [-0.4, -0.2) is 7.25 Å². The number of benzene rings is 1. The Kier molecular flexibility index (Phi) is 9.84. The van der Waals surface area contributed by atoms with Gasteiger partial charge in [0.25, 0.3) is 0 Å². The Morgan fingerprint density at radius 1 is 1.11 bits per heavy atom. The van der Waals surface area contributed by atoms with Crippen molar-refractivity contribution in [3.63, 3.8) is 0 Å². The first kappa shape index (κ1) is 17.3. The Labute approximate surface area is 116 Å². The zero-order valence-electron chi connectivity index (χ0n) is 9.98. The first-order valence-electron chi connectivity index (χ1n) is 5.47. The molecule has 1 rings (SSSR count). The maximum Gasteiger partial charge on any atom is 0.673 e. The molecule has 0 saturated carbocycles. The molecule has 0 saturated heterocycles. The van der Waals surface area contributed by atoms with Crippen molar-refractivity contribution in [3.05, 3.63) is 33.9 Å². The van der Waals surface area contributed by atoms with Crippen molar-refractivity contribution in [1.29, 1.82) is 0 Å². The molecule has 0 nitrogen and oxygen atoms in total. The Balaban J connectivity index is 0.000000494. The molecule has 0 unspecified atom stereocenters. The summed E-state index contributed by atoms with van der Waals surface area (Å²) in [6, 6.07) is 10.6. The van der Waals surface area contributed by atoms with Crippen molar-refractivity contribution in [3.8, 4) is 9.85 Å². The highest BCUT2D eigenvalue weighted by Gasteiger charge is 2.20. The van der Waals surface area contributed by atoms with Crippen molar-refractivity contribution in [1.82, 2.24) is 0 Å². The molecule has 0 N–H and O–H groups in total. The van der Waals surface area contributed by atoms with Gasteiger partial charge in [0.1, 0.15) is 0 Å². The second-order valence-electron chi connectivity index (χ2n) is 3.26. The molecule has 0 aliphatic heterocycles. The quantitative estimate of drug-likeness (QED) is 0.248. The van der Waals surface area contributed by atoms with Gasteiger partial charge in [0, 0.05) is 6.42 Å². The van der Waals surface area contributed by atoms with Crippen LogP contribution in [0.3, 0.4) is 0 Å². The minimum Gasteiger partial charge on any atom is -0.418 e. The molecule has 6 heteroatoms. The van der Waals surface area contributed by atoms with Crippen LogP contribution in [-0.2, 0) is 0 Å². The molecule has 100 valence electrons. The smallest absolute Gasteiger partial charge is 0.418 e. The molecular weight excluding hydrogens is 358 g/mol. The fraction of sp³-hybridized carbons (Fsp3) is 0.333.